The fraction of sp³-hybridized carbons (Fsp3) is 0.455. The van der Waals surface area contributed by atoms with Crippen molar-refractivity contribution in [3.05, 3.63) is 29.6 Å². The third kappa shape index (κ3) is 2.70. The van der Waals surface area contributed by atoms with Crippen molar-refractivity contribution in [3.63, 3.8) is 0 Å². The molecular weight excluding hydrogens is 183 g/mol. The molecule has 0 saturated heterocycles. The zero-order valence-corrected chi connectivity index (χ0v) is 8.62. The minimum absolute atomic E-state index is 0.0331. The Morgan fingerprint density at radius 2 is 1.93 bits per heavy atom. The lowest BCUT2D eigenvalue weighted by atomic mass is 10.1. The normalized spacial score (nSPS) is 13.0. The van der Waals surface area contributed by atoms with E-state index in [0.717, 1.165) is 0 Å². The van der Waals surface area contributed by atoms with Crippen LogP contribution in [0.3, 0.4) is 0 Å². The van der Waals surface area contributed by atoms with Gasteiger partial charge in [-0.05, 0) is 32.9 Å². The molecule has 0 saturated carbocycles. The summed E-state index contributed by atoms with van der Waals surface area (Å²) in [6.45, 7) is 5.34. The van der Waals surface area contributed by atoms with E-state index in [1.807, 2.05) is 13.8 Å². The van der Waals surface area contributed by atoms with Crippen LogP contribution in [0.5, 0.6) is 5.75 Å². The molecule has 2 nitrogen and oxygen atoms in total. The van der Waals surface area contributed by atoms with Crippen LogP contribution in [0.15, 0.2) is 18.2 Å². The van der Waals surface area contributed by atoms with Crippen molar-refractivity contribution >= 4 is 0 Å². The summed E-state index contributed by atoms with van der Waals surface area (Å²) < 4.78 is 18.3. The quantitative estimate of drug-likeness (QED) is 0.809. The van der Waals surface area contributed by atoms with E-state index in [2.05, 4.69) is 0 Å². The van der Waals surface area contributed by atoms with E-state index in [0.29, 0.717) is 11.3 Å². The van der Waals surface area contributed by atoms with Gasteiger partial charge in [0.05, 0.1) is 12.2 Å². The van der Waals surface area contributed by atoms with E-state index in [1.54, 1.807) is 6.92 Å². The molecule has 0 aliphatic carbocycles. The maximum atomic E-state index is 12.9. The molecule has 0 aliphatic heterocycles. The van der Waals surface area contributed by atoms with E-state index in [1.165, 1.54) is 18.2 Å². The Labute approximate surface area is 83.3 Å². The average molecular weight is 198 g/mol. The fourth-order valence-corrected chi connectivity index (χ4v) is 1.21. The Balaban J connectivity index is 3.03. The molecular formula is C11H15FO2. The van der Waals surface area contributed by atoms with Gasteiger partial charge in [0.25, 0.3) is 0 Å². The Morgan fingerprint density at radius 3 is 2.43 bits per heavy atom. The highest BCUT2D eigenvalue weighted by molar-refractivity contribution is 5.35. The smallest absolute Gasteiger partial charge is 0.128 e. The van der Waals surface area contributed by atoms with Crippen LogP contribution >= 0.6 is 0 Å². The molecule has 0 unspecified atom stereocenters. The van der Waals surface area contributed by atoms with Crippen LogP contribution in [0, 0.1) is 5.82 Å². The number of benzene rings is 1. The van der Waals surface area contributed by atoms with Crippen molar-refractivity contribution in [2.45, 2.75) is 33.0 Å². The highest BCUT2D eigenvalue weighted by Crippen LogP contribution is 2.26. The second kappa shape index (κ2) is 4.42. The molecule has 0 spiro atoms. The topological polar surface area (TPSA) is 29.5 Å². The van der Waals surface area contributed by atoms with Crippen LogP contribution in [0.25, 0.3) is 0 Å². The molecule has 78 valence electrons. The molecule has 1 aromatic rings. The summed E-state index contributed by atoms with van der Waals surface area (Å²) in [6, 6.07) is 4.15. The van der Waals surface area contributed by atoms with Gasteiger partial charge in [-0.1, -0.05) is 0 Å². The number of hydrogen-bond acceptors (Lipinski definition) is 2. The minimum Gasteiger partial charge on any atom is -0.491 e. The van der Waals surface area contributed by atoms with Crippen molar-refractivity contribution in [3.8, 4) is 5.75 Å². The second-order valence-corrected chi connectivity index (χ2v) is 3.52. The van der Waals surface area contributed by atoms with Crippen molar-refractivity contribution in [1.82, 2.24) is 0 Å². The second-order valence-electron chi connectivity index (χ2n) is 3.52. The molecule has 1 aromatic carbocycles. The lowest BCUT2D eigenvalue weighted by molar-refractivity contribution is 0.182. The van der Waals surface area contributed by atoms with E-state index in [4.69, 9.17) is 4.74 Å². The molecule has 1 N–H and O–H groups in total. The lowest BCUT2D eigenvalue weighted by Crippen LogP contribution is -2.08. The van der Waals surface area contributed by atoms with Gasteiger partial charge >= 0.3 is 0 Å². The highest BCUT2D eigenvalue weighted by atomic mass is 19.1. The number of aliphatic hydroxyl groups is 1. The fourth-order valence-electron chi connectivity index (χ4n) is 1.21. The van der Waals surface area contributed by atoms with Gasteiger partial charge in [0.15, 0.2) is 0 Å². The summed E-state index contributed by atoms with van der Waals surface area (Å²) in [5, 5.41) is 9.41. The predicted octanol–water partition coefficient (Wildman–Crippen LogP) is 2.67. The molecule has 0 aliphatic rings. The number of hydrogen-bond donors (Lipinski definition) is 1. The third-order valence-corrected chi connectivity index (χ3v) is 1.79. The molecule has 0 heterocycles. The summed E-state index contributed by atoms with van der Waals surface area (Å²) in [6.07, 6.45) is -0.682. The zero-order chi connectivity index (χ0) is 10.7. The molecule has 3 heteroatoms. The van der Waals surface area contributed by atoms with Crippen molar-refractivity contribution < 1.29 is 14.2 Å². The van der Waals surface area contributed by atoms with Crippen molar-refractivity contribution in [2.24, 2.45) is 0 Å². The highest BCUT2D eigenvalue weighted by Gasteiger charge is 2.11. The Morgan fingerprint density at radius 1 is 1.29 bits per heavy atom. The van der Waals surface area contributed by atoms with Crippen LogP contribution in [0.4, 0.5) is 4.39 Å². The summed E-state index contributed by atoms with van der Waals surface area (Å²) in [5.74, 6) is 0.0556. The first-order valence-corrected chi connectivity index (χ1v) is 4.65. The average Bonchev–Trinajstić information content (AvgIpc) is 2.01. The van der Waals surface area contributed by atoms with Gasteiger partial charge in [0.1, 0.15) is 11.6 Å². The first kappa shape index (κ1) is 11.0. The van der Waals surface area contributed by atoms with Gasteiger partial charge in [-0.25, -0.2) is 4.39 Å². The predicted molar refractivity (Wildman–Crippen MR) is 52.8 cm³/mol. The zero-order valence-electron chi connectivity index (χ0n) is 8.62. The number of aliphatic hydroxyl groups excluding tert-OH is 1. The largest absolute Gasteiger partial charge is 0.491 e. The van der Waals surface area contributed by atoms with E-state index >= 15 is 0 Å². The van der Waals surface area contributed by atoms with Gasteiger partial charge in [-0.2, -0.15) is 0 Å². The number of halogens is 1. The third-order valence-electron chi connectivity index (χ3n) is 1.79. The van der Waals surface area contributed by atoms with Gasteiger partial charge in [0.2, 0.25) is 0 Å². The number of rotatable bonds is 3. The molecule has 0 radical (unpaired) electrons. The number of ether oxygens (including phenoxy) is 1. The van der Waals surface area contributed by atoms with E-state index in [-0.39, 0.29) is 11.9 Å². The van der Waals surface area contributed by atoms with E-state index < -0.39 is 6.10 Å². The summed E-state index contributed by atoms with van der Waals surface area (Å²) >= 11 is 0. The van der Waals surface area contributed by atoms with Crippen LogP contribution in [-0.2, 0) is 0 Å². The van der Waals surface area contributed by atoms with Crippen LogP contribution in [-0.4, -0.2) is 11.2 Å². The van der Waals surface area contributed by atoms with E-state index in [9.17, 15) is 9.50 Å². The summed E-state index contributed by atoms with van der Waals surface area (Å²) in [4.78, 5) is 0. The lowest BCUT2D eigenvalue weighted by Gasteiger charge is -2.15. The van der Waals surface area contributed by atoms with Crippen molar-refractivity contribution in [2.75, 3.05) is 0 Å². The van der Waals surface area contributed by atoms with Crippen molar-refractivity contribution in [1.29, 1.82) is 0 Å². The first-order valence-electron chi connectivity index (χ1n) is 4.65. The maximum absolute atomic E-state index is 12.9. The van der Waals surface area contributed by atoms with Gasteiger partial charge in [0, 0.05) is 11.6 Å². The van der Waals surface area contributed by atoms with Crippen LogP contribution in [0.1, 0.15) is 32.4 Å². The Bertz CT molecular complexity index is 308. The summed E-state index contributed by atoms with van der Waals surface area (Å²) in [7, 11) is 0. The van der Waals surface area contributed by atoms with Gasteiger partial charge < -0.3 is 9.84 Å². The summed E-state index contributed by atoms with van der Waals surface area (Å²) in [5.41, 5.74) is 0.611. The molecule has 14 heavy (non-hydrogen) atoms. The Hall–Kier alpha value is -1.09. The molecule has 0 amide bonds. The first-order chi connectivity index (χ1) is 6.50. The molecule has 0 bridgehead atoms. The van der Waals surface area contributed by atoms with Crippen LogP contribution in [0.2, 0.25) is 0 Å². The molecule has 0 aromatic heterocycles. The van der Waals surface area contributed by atoms with Gasteiger partial charge in [-0.3, -0.25) is 0 Å². The van der Waals surface area contributed by atoms with Gasteiger partial charge in [-0.15, -0.1) is 0 Å². The minimum atomic E-state index is -0.649. The van der Waals surface area contributed by atoms with Crippen LogP contribution < -0.4 is 4.74 Å². The Kier molecular flexibility index (Phi) is 3.47. The SMILES string of the molecule is CC(C)Oc1cc(F)ccc1[C@@H](C)O. The monoisotopic (exact) mass is 198 g/mol. The molecule has 1 atom stereocenters. The standard InChI is InChI=1S/C11H15FO2/c1-7(2)14-11-6-9(12)4-5-10(11)8(3)13/h4-8,13H,1-3H3/t8-/m1/s1. The maximum Gasteiger partial charge on any atom is 0.128 e. The molecule has 0 fully saturated rings. The molecule has 1 rings (SSSR count).